The van der Waals surface area contributed by atoms with Gasteiger partial charge in [-0.25, -0.2) is 8.42 Å². The Hall–Kier alpha value is -0.780. The quantitative estimate of drug-likeness (QED) is 0.857. The number of ether oxygens (including phenoxy) is 1. The average molecular weight is 290 g/mol. The molecule has 1 atom stereocenters. The predicted octanol–water partition coefficient (Wildman–Crippen LogP) is 2.27. The maximum Gasteiger partial charge on any atom is 0.214 e. The molecule has 1 unspecified atom stereocenters. The highest BCUT2D eigenvalue weighted by Gasteiger charge is 2.34. The fraction of sp³-hybridized carbons (Fsp3) is 0.500. The van der Waals surface area contributed by atoms with Gasteiger partial charge in [0.15, 0.2) is 0 Å². The van der Waals surface area contributed by atoms with E-state index in [1.165, 1.54) is 4.31 Å². The number of rotatable bonds is 3. The van der Waals surface area contributed by atoms with Crippen molar-refractivity contribution in [2.24, 2.45) is 0 Å². The van der Waals surface area contributed by atoms with Gasteiger partial charge in [-0.3, -0.25) is 0 Å². The van der Waals surface area contributed by atoms with Crippen molar-refractivity contribution in [3.8, 4) is 5.75 Å². The van der Waals surface area contributed by atoms with Gasteiger partial charge >= 0.3 is 0 Å². The van der Waals surface area contributed by atoms with Crippen molar-refractivity contribution < 1.29 is 13.2 Å². The predicted molar refractivity (Wildman–Crippen MR) is 71.4 cm³/mol. The third-order valence-corrected chi connectivity index (χ3v) is 5.46. The molecule has 1 saturated heterocycles. The smallest absolute Gasteiger partial charge is 0.214 e. The molecule has 2 rings (SSSR count). The number of sulfonamides is 1. The number of halogens is 1. The van der Waals surface area contributed by atoms with Crippen LogP contribution in [0.25, 0.3) is 0 Å². The molecule has 0 aromatic heterocycles. The molecule has 18 heavy (non-hydrogen) atoms. The Morgan fingerprint density at radius 2 is 2.22 bits per heavy atom. The van der Waals surface area contributed by atoms with E-state index in [9.17, 15) is 8.42 Å². The van der Waals surface area contributed by atoms with Crippen LogP contribution in [0.2, 0.25) is 5.02 Å². The lowest BCUT2D eigenvalue weighted by molar-refractivity contribution is 0.355. The van der Waals surface area contributed by atoms with Crippen LogP contribution >= 0.6 is 11.6 Å². The molecule has 1 heterocycles. The summed E-state index contributed by atoms with van der Waals surface area (Å²) in [5.41, 5.74) is 0.883. The van der Waals surface area contributed by atoms with E-state index >= 15 is 0 Å². The lowest BCUT2D eigenvalue weighted by Gasteiger charge is -2.20. The molecule has 0 saturated carbocycles. The van der Waals surface area contributed by atoms with Crippen LogP contribution in [-0.4, -0.2) is 31.6 Å². The number of methoxy groups -OCH3 is 1. The summed E-state index contributed by atoms with van der Waals surface area (Å²) >= 11 is 5.94. The fourth-order valence-corrected chi connectivity index (χ4v) is 4.16. The number of benzene rings is 1. The monoisotopic (exact) mass is 289 g/mol. The molecule has 0 aliphatic carbocycles. The molecule has 1 fully saturated rings. The second-order valence-corrected chi connectivity index (χ2v) is 6.92. The van der Waals surface area contributed by atoms with E-state index in [1.807, 2.05) is 13.0 Å². The van der Waals surface area contributed by atoms with Crippen molar-refractivity contribution >= 4 is 21.6 Å². The molecular formula is C12H16ClNO3S. The van der Waals surface area contributed by atoms with Gasteiger partial charge in [0.1, 0.15) is 5.75 Å². The van der Waals surface area contributed by atoms with E-state index < -0.39 is 10.0 Å². The standard InChI is InChI=1S/C12H16ClNO3S/c1-9-5-6-18(15,16)14(9)8-10-3-4-11(13)12(7-10)17-2/h3-4,7,9H,5-6,8H2,1-2H3. The van der Waals surface area contributed by atoms with Crippen LogP contribution < -0.4 is 4.74 Å². The minimum Gasteiger partial charge on any atom is -0.495 e. The van der Waals surface area contributed by atoms with Crippen molar-refractivity contribution in [1.29, 1.82) is 0 Å². The molecule has 100 valence electrons. The first kappa shape index (κ1) is 13.6. The van der Waals surface area contributed by atoms with E-state index in [0.29, 0.717) is 23.7 Å². The van der Waals surface area contributed by atoms with Gasteiger partial charge < -0.3 is 4.74 Å². The Bertz CT molecular complexity index is 544. The largest absolute Gasteiger partial charge is 0.495 e. The molecule has 0 amide bonds. The topological polar surface area (TPSA) is 46.6 Å². The summed E-state index contributed by atoms with van der Waals surface area (Å²) < 4.78 is 30.4. The molecule has 6 heteroatoms. The number of hydrogen-bond donors (Lipinski definition) is 0. The van der Waals surface area contributed by atoms with Crippen LogP contribution in [-0.2, 0) is 16.6 Å². The second-order valence-electron chi connectivity index (χ2n) is 4.47. The normalized spacial score (nSPS) is 23.2. The van der Waals surface area contributed by atoms with Crippen molar-refractivity contribution in [3.05, 3.63) is 28.8 Å². The van der Waals surface area contributed by atoms with Gasteiger partial charge in [-0.05, 0) is 31.0 Å². The maximum atomic E-state index is 11.9. The molecule has 0 N–H and O–H groups in total. The molecule has 4 nitrogen and oxygen atoms in total. The van der Waals surface area contributed by atoms with Crippen LogP contribution in [0.1, 0.15) is 18.9 Å². The minimum absolute atomic E-state index is 0.0525. The van der Waals surface area contributed by atoms with Crippen LogP contribution in [0.3, 0.4) is 0 Å². The fourth-order valence-electron chi connectivity index (χ4n) is 2.09. The third kappa shape index (κ3) is 2.63. The molecule has 1 aliphatic heterocycles. The molecule has 0 bridgehead atoms. The van der Waals surface area contributed by atoms with E-state index in [2.05, 4.69) is 0 Å². The van der Waals surface area contributed by atoms with Gasteiger partial charge in [0.25, 0.3) is 0 Å². The van der Waals surface area contributed by atoms with Gasteiger partial charge in [0.05, 0.1) is 17.9 Å². The first-order chi connectivity index (χ1) is 8.44. The molecule has 1 aliphatic rings. The highest BCUT2D eigenvalue weighted by molar-refractivity contribution is 7.89. The SMILES string of the molecule is COc1cc(CN2C(C)CCS2(=O)=O)ccc1Cl. The zero-order valence-corrected chi connectivity index (χ0v) is 12.0. The average Bonchev–Trinajstić information content (AvgIpc) is 2.58. The molecule has 0 radical (unpaired) electrons. The zero-order chi connectivity index (χ0) is 13.3. The van der Waals surface area contributed by atoms with Gasteiger partial charge in [0.2, 0.25) is 10.0 Å². The van der Waals surface area contributed by atoms with E-state index in [-0.39, 0.29) is 11.8 Å². The Labute approximate surface area is 113 Å². The van der Waals surface area contributed by atoms with Crippen molar-refractivity contribution in [2.75, 3.05) is 12.9 Å². The molecule has 1 aromatic rings. The summed E-state index contributed by atoms with van der Waals surface area (Å²) in [7, 11) is -1.56. The Kier molecular flexibility index (Phi) is 3.84. The Morgan fingerprint density at radius 3 is 2.78 bits per heavy atom. The summed E-state index contributed by atoms with van der Waals surface area (Å²) in [6, 6.07) is 5.38. The molecule has 1 aromatic carbocycles. The Morgan fingerprint density at radius 1 is 1.50 bits per heavy atom. The van der Waals surface area contributed by atoms with Crippen molar-refractivity contribution in [1.82, 2.24) is 4.31 Å². The zero-order valence-electron chi connectivity index (χ0n) is 10.4. The van der Waals surface area contributed by atoms with Crippen LogP contribution in [0.15, 0.2) is 18.2 Å². The first-order valence-electron chi connectivity index (χ1n) is 5.76. The molecule has 0 spiro atoms. The van der Waals surface area contributed by atoms with Gasteiger partial charge in [0, 0.05) is 12.6 Å². The lowest BCUT2D eigenvalue weighted by Crippen LogP contribution is -2.30. The van der Waals surface area contributed by atoms with Crippen molar-refractivity contribution in [3.63, 3.8) is 0 Å². The van der Waals surface area contributed by atoms with Crippen LogP contribution in [0.4, 0.5) is 0 Å². The molecular weight excluding hydrogens is 274 g/mol. The summed E-state index contributed by atoms with van der Waals surface area (Å²) in [5, 5.41) is 0.526. The summed E-state index contributed by atoms with van der Waals surface area (Å²) in [5.74, 6) is 0.803. The van der Waals surface area contributed by atoms with E-state index in [4.69, 9.17) is 16.3 Å². The van der Waals surface area contributed by atoms with Gasteiger partial charge in [-0.2, -0.15) is 4.31 Å². The van der Waals surface area contributed by atoms with Crippen LogP contribution in [0.5, 0.6) is 5.75 Å². The van der Waals surface area contributed by atoms with Gasteiger partial charge in [-0.1, -0.05) is 17.7 Å². The van der Waals surface area contributed by atoms with Crippen molar-refractivity contribution in [2.45, 2.75) is 25.9 Å². The van der Waals surface area contributed by atoms with Gasteiger partial charge in [-0.15, -0.1) is 0 Å². The maximum absolute atomic E-state index is 11.9. The number of hydrogen-bond acceptors (Lipinski definition) is 3. The lowest BCUT2D eigenvalue weighted by atomic mass is 10.2. The van der Waals surface area contributed by atoms with E-state index in [0.717, 1.165) is 5.56 Å². The summed E-state index contributed by atoms with van der Waals surface area (Å²) in [4.78, 5) is 0. The minimum atomic E-state index is -3.10. The number of nitrogens with zero attached hydrogens (tertiary/aromatic N) is 1. The van der Waals surface area contributed by atoms with Crippen LogP contribution in [0, 0.1) is 0 Å². The Balaban J connectivity index is 2.24. The summed E-state index contributed by atoms with van der Waals surface area (Å²) in [6.07, 6.45) is 0.688. The highest BCUT2D eigenvalue weighted by Crippen LogP contribution is 2.28. The first-order valence-corrected chi connectivity index (χ1v) is 7.74. The second kappa shape index (κ2) is 5.07. The highest BCUT2D eigenvalue weighted by atomic mass is 35.5. The summed E-state index contributed by atoms with van der Waals surface area (Å²) in [6.45, 7) is 2.30. The third-order valence-electron chi connectivity index (χ3n) is 3.20. The van der Waals surface area contributed by atoms with E-state index in [1.54, 1.807) is 19.2 Å².